The first kappa shape index (κ1) is 22.7. The molecule has 6 nitrogen and oxygen atoms in total. The Kier molecular flexibility index (Phi) is 6.54. The van der Waals surface area contributed by atoms with Gasteiger partial charge < -0.3 is 16.0 Å². The molecule has 0 aliphatic carbocycles. The van der Waals surface area contributed by atoms with Crippen molar-refractivity contribution in [3.05, 3.63) is 108 Å². The third-order valence-electron chi connectivity index (χ3n) is 6.25. The summed E-state index contributed by atoms with van der Waals surface area (Å²) >= 11 is 0. The average molecular weight is 473 g/mol. The van der Waals surface area contributed by atoms with Gasteiger partial charge in [-0.3, -0.25) is 4.90 Å². The summed E-state index contributed by atoms with van der Waals surface area (Å²) < 4.78 is 27.7. The number of nitrogens with zero attached hydrogens (tertiary/aromatic N) is 4. The van der Waals surface area contributed by atoms with Gasteiger partial charge in [0.25, 0.3) is 0 Å². The maximum absolute atomic E-state index is 14.1. The van der Waals surface area contributed by atoms with Crippen molar-refractivity contribution in [2.75, 3.05) is 42.1 Å². The monoisotopic (exact) mass is 472 g/mol. The van der Waals surface area contributed by atoms with Crippen LogP contribution in [0.15, 0.2) is 85.2 Å². The molecule has 1 saturated heterocycles. The van der Waals surface area contributed by atoms with Gasteiger partial charge in [-0.1, -0.05) is 60.7 Å². The number of rotatable bonds is 6. The third kappa shape index (κ3) is 4.93. The van der Waals surface area contributed by atoms with Crippen LogP contribution in [0.5, 0.6) is 0 Å². The van der Waals surface area contributed by atoms with E-state index in [0.717, 1.165) is 31.3 Å². The van der Waals surface area contributed by atoms with E-state index in [2.05, 4.69) is 73.6 Å². The molecule has 0 bridgehead atoms. The van der Waals surface area contributed by atoms with Crippen LogP contribution in [0.2, 0.25) is 0 Å². The first-order chi connectivity index (χ1) is 17.1. The molecule has 2 heterocycles. The number of benzene rings is 3. The van der Waals surface area contributed by atoms with E-state index in [1.807, 2.05) is 12.1 Å². The van der Waals surface area contributed by atoms with Crippen LogP contribution in [0.25, 0.3) is 0 Å². The molecule has 0 radical (unpaired) electrons. The lowest BCUT2D eigenvalue weighted by Gasteiger charge is -2.40. The lowest BCUT2D eigenvalue weighted by Crippen LogP contribution is -2.48. The maximum atomic E-state index is 14.1. The van der Waals surface area contributed by atoms with E-state index >= 15 is 0 Å². The number of nitrogens with two attached hydrogens (primary N) is 1. The smallest absolute Gasteiger partial charge is 0.159 e. The molecule has 1 aliphatic rings. The zero-order chi connectivity index (χ0) is 24.2. The summed E-state index contributed by atoms with van der Waals surface area (Å²) in [6.07, 6.45) is 1.38. The molecule has 0 saturated carbocycles. The summed E-state index contributed by atoms with van der Waals surface area (Å²) in [5, 5.41) is 2.80. The van der Waals surface area contributed by atoms with Crippen molar-refractivity contribution in [3.63, 3.8) is 0 Å². The number of hydrogen-bond donors (Lipinski definition) is 2. The maximum Gasteiger partial charge on any atom is 0.159 e. The van der Waals surface area contributed by atoms with Gasteiger partial charge in [-0.15, -0.1) is 0 Å². The second-order valence-electron chi connectivity index (χ2n) is 8.46. The van der Waals surface area contributed by atoms with E-state index in [9.17, 15) is 8.78 Å². The van der Waals surface area contributed by atoms with Gasteiger partial charge in [-0.05, 0) is 23.3 Å². The van der Waals surface area contributed by atoms with Gasteiger partial charge in [-0.25, -0.2) is 18.7 Å². The lowest BCUT2D eigenvalue weighted by molar-refractivity contribution is 0.212. The van der Waals surface area contributed by atoms with E-state index in [1.54, 1.807) is 0 Å². The Morgan fingerprint density at radius 2 is 1.43 bits per heavy atom. The molecule has 1 fully saturated rings. The summed E-state index contributed by atoms with van der Waals surface area (Å²) in [4.78, 5) is 13.1. The number of anilines is 4. The molecule has 1 aromatic heterocycles. The SMILES string of the molecule is Nc1c(Nc2cc(F)ccc2F)ncnc1N1CCN(C(c2ccccc2)c2ccccc2)CC1. The standard InChI is InChI=1S/C27H26F2N6/c28-21-11-12-22(29)23(17-21)33-26-24(30)27(32-18-31-26)35-15-13-34(14-16-35)25(19-7-3-1-4-8-19)20-9-5-2-6-10-20/h1-12,17-18,25H,13-16,30H2,(H,31,32,33). The number of halogens is 2. The van der Waals surface area contributed by atoms with Gasteiger partial charge in [0, 0.05) is 32.2 Å². The normalized spacial score (nSPS) is 14.3. The zero-order valence-corrected chi connectivity index (χ0v) is 19.1. The van der Waals surface area contributed by atoms with E-state index in [-0.39, 0.29) is 17.5 Å². The lowest BCUT2D eigenvalue weighted by atomic mass is 9.96. The first-order valence-electron chi connectivity index (χ1n) is 11.5. The molecule has 3 aromatic carbocycles. The van der Waals surface area contributed by atoms with Crippen molar-refractivity contribution in [1.82, 2.24) is 14.9 Å². The molecular formula is C27H26F2N6. The minimum atomic E-state index is -0.590. The topological polar surface area (TPSA) is 70.3 Å². The Labute approximate surface area is 203 Å². The largest absolute Gasteiger partial charge is 0.393 e. The second-order valence-corrected chi connectivity index (χ2v) is 8.46. The first-order valence-corrected chi connectivity index (χ1v) is 11.5. The second kappa shape index (κ2) is 10.1. The molecule has 0 spiro atoms. The van der Waals surface area contributed by atoms with Crippen molar-refractivity contribution in [1.29, 1.82) is 0 Å². The van der Waals surface area contributed by atoms with Gasteiger partial charge in [0.2, 0.25) is 0 Å². The Balaban J connectivity index is 1.34. The molecule has 3 N–H and O–H groups in total. The molecule has 0 amide bonds. The number of piperazine rings is 1. The summed E-state index contributed by atoms with van der Waals surface area (Å²) in [5.41, 5.74) is 9.13. The van der Waals surface area contributed by atoms with Crippen LogP contribution in [0.1, 0.15) is 17.2 Å². The van der Waals surface area contributed by atoms with Gasteiger partial charge >= 0.3 is 0 Å². The molecule has 178 valence electrons. The number of hydrogen-bond acceptors (Lipinski definition) is 6. The molecule has 0 unspecified atom stereocenters. The van der Waals surface area contributed by atoms with Crippen LogP contribution in [-0.2, 0) is 0 Å². The molecule has 0 atom stereocenters. The Bertz CT molecular complexity index is 1240. The van der Waals surface area contributed by atoms with E-state index in [4.69, 9.17) is 5.73 Å². The van der Waals surface area contributed by atoms with Gasteiger partial charge in [-0.2, -0.15) is 0 Å². The number of nitrogen functional groups attached to an aromatic ring is 1. The van der Waals surface area contributed by atoms with Crippen LogP contribution < -0.4 is 16.0 Å². The predicted molar refractivity (Wildman–Crippen MR) is 135 cm³/mol. The van der Waals surface area contributed by atoms with Crippen molar-refractivity contribution in [3.8, 4) is 0 Å². The van der Waals surface area contributed by atoms with E-state index in [0.29, 0.717) is 24.6 Å². The highest BCUT2D eigenvalue weighted by atomic mass is 19.1. The highest BCUT2D eigenvalue weighted by Crippen LogP contribution is 2.33. The summed E-state index contributed by atoms with van der Waals surface area (Å²) in [6.45, 7) is 3.04. The number of nitrogens with one attached hydrogen (secondary N) is 1. The number of aromatic nitrogens is 2. The quantitative estimate of drug-likeness (QED) is 0.412. The van der Waals surface area contributed by atoms with Crippen LogP contribution >= 0.6 is 0 Å². The highest BCUT2D eigenvalue weighted by Gasteiger charge is 2.28. The van der Waals surface area contributed by atoms with Crippen LogP contribution in [0.4, 0.5) is 31.8 Å². The van der Waals surface area contributed by atoms with E-state index < -0.39 is 11.6 Å². The molecule has 5 rings (SSSR count). The highest BCUT2D eigenvalue weighted by molar-refractivity contribution is 5.78. The van der Waals surface area contributed by atoms with Gasteiger partial charge in [0.1, 0.15) is 23.6 Å². The average Bonchev–Trinajstić information content (AvgIpc) is 2.89. The predicted octanol–water partition coefficient (Wildman–Crippen LogP) is 4.99. The van der Waals surface area contributed by atoms with Gasteiger partial charge in [0.15, 0.2) is 11.6 Å². The van der Waals surface area contributed by atoms with Crippen molar-refractivity contribution >= 4 is 23.0 Å². The summed E-state index contributed by atoms with van der Waals surface area (Å²) in [7, 11) is 0. The molecule has 8 heteroatoms. The van der Waals surface area contributed by atoms with Crippen molar-refractivity contribution < 1.29 is 8.78 Å². The summed E-state index contributed by atoms with van der Waals surface area (Å²) in [6, 6.07) is 24.3. The van der Waals surface area contributed by atoms with Crippen LogP contribution in [0, 0.1) is 11.6 Å². The Hall–Kier alpha value is -4.04. The third-order valence-corrected chi connectivity index (χ3v) is 6.25. The molecule has 35 heavy (non-hydrogen) atoms. The minimum absolute atomic E-state index is 0.0280. The molecule has 4 aromatic rings. The van der Waals surface area contributed by atoms with Crippen LogP contribution in [-0.4, -0.2) is 41.0 Å². The Morgan fingerprint density at radius 1 is 0.800 bits per heavy atom. The van der Waals surface area contributed by atoms with Crippen molar-refractivity contribution in [2.24, 2.45) is 0 Å². The Morgan fingerprint density at radius 3 is 2.06 bits per heavy atom. The molecular weight excluding hydrogens is 446 g/mol. The minimum Gasteiger partial charge on any atom is -0.393 e. The van der Waals surface area contributed by atoms with Gasteiger partial charge in [0.05, 0.1) is 11.7 Å². The fourth-order valence-electron chi connectivity index (χ4n) is 4.54. The van der Waals surface area contributed by atoms with E-state index in [1.165, 1.54) is 17.5 Å². The fourth-order valence-corrected chi connectivity index (χ4v) is 4.54. The fraction of sp³-hybridized carbons (Fsp3) is 0.185. The summed E-state index contributed by atoms with van der Waals surface area (Å²) in [5.74, 6) is -0.319. The zero-order valence-electron chi connectivity index (χ0n) is 19.1. The molecule has 1 aliphatic heterocycles. The van der Waals surface area contributed by atoms with Crippen molar-refractivity contribution in [2.45, 2.75) is 6.04 Å². The van der Waals surface area contributed by atoms with Crippen LogP contribution in [0.3, 0.4) is 0 Å².